The maximum absolute atomic E-state index is 11.7. The molecule has 1 aromatic carbocycles. The first kappa shape index (κ1) is 16.1. The van der Waals surface area contributed by atoms with Gasteiger partial charge < -0.3 is 19.6 Å². The molecule has 2 N–H and O–H groups in total. The van der Waals surface area contributed by atoms with Crippen molar-refractivity contribution in [1.82, 2.24) is 15.5 Å². The van der Waals surface area contributed by atoms with E-state index < -0.39 is 24.1 Å². The zero-order valence-electron chi connectivity index (χ0n) is 11.8. The Morgan fingerprint density at radius 1 is 1.26 bits per heavy atom. The van der Waals surface area contributed by atoms with Crippen LogP contribution in [0.25, 0.3) is 0 Å². The minimum atomic E-state index is -1.27. The number of aromatic nitrogens is 2. The van der Waals surface area contributed by atoms with Crippen LogP contribution in [0.15, 0.2) is 41.1 Å². The molecule has 0 fully saturated rings. The summed E-state index contributed by atoms with van der Waals surface area (Å²) in [6.45, 7) is 0. The highest BCUT2D eigenvalue weighted by molar-refractivity contribution is 5.97. The van der Waals surface area contributed by atoms with Crippen LogP contribution in [0.2, 0.25) is 0 Å². The zero-order chi connectivity index (χ0) is 16.7. The number of rotatable bonds is 6. The lowest BCUT2D eigenvalue weighted by atomic mass is 10.1. The molecule has 0 aliphatic carbocycles. The van der Waals surface area contributed by atoms with Crippen LogP contribution in [-0.4, -0.2) is 39.4 Å². The second-order valence-electron chi connectivity index (χ2n) is 4.45. The fraction of sp³-hybridized carbons (Fsp3) is 0.214. The summed E-state index contributed by atoms with van der Waals surface area (Å²) in [5, 5.41) is 18.3. The Labute approximate surface area is 130 Å². The van der Waals surface area contributed by atoms with Gasteiger partial charge in [-0.15, -0.1) is 10.2 Å². The van der Waals surface area contributed by atoms with E-state index in [2.05, 4.69) is 20.3 Å². The molecule has 1 amide bonds. The average Bonchev–Trinajstić information content (AvgIpc) is 3.05. The summed E-state index contributed by atoms with van der Waals surface area (Å²) in [5.74, 6) is -1.90. The minimum Gasteiger partial charge on any atom is -0.480 e. The third-order valence-electron chi connectivity index (χ3n) is 2.84. The summed E-state index contributed by atoms with van der Waals surface area (Å²) in [6.07, 6.45) is 0.137. The average molecular weight is 319 g/mol. The van der Waals surface area contributed by atoms with E-state index in [1.54, 1.807) is 18.2 Å². The summed E-state index contributed by atoms with van der Waals surface area (Å²) in [7, 11) is 0. The summed E-state index contributed by atoms with van der Waals surface area (Å²) < 4.78 is 9.43. The number of carbonyl (C=O) groups is 3. The van der Waals surface area contributed by atoms with Gasteiger partial charge in [-0.2, -0.15) is 0 Å². The van der Waals surface area contributed by atoms with Crippen molar-refractivity contribution >= 4 is 18.0 Å². The smallest absolute Gasteiger partial charge is 0.415 e. The molecule has 1 aromatic heterocycles. The van der Waals surface area contributed by atoms with Crippen LogP contribution in [0.4, 0.5) is 4.79 Å². The number of amides is 1. The SMILES string of the molecule is O=C(NC(CCc1nnco1)C(=O)O)OC(=O)c1ccccc1. The third-order valence-corrected chi connectivity index (χ3v) is 2.84. The van der Waals surface area contributed by atoms with E-state index in [4.69, 9.17) is 9.52 Å². The number of ether oxygens (including phenoxy) is 1. The molecule has 0 saturated heterocycles. The zero-order valence-corrected chi connectivity index (χ0v) is 11.8. The molecule has 0 aliphatic rings. The number of esters is 1. The molecule has 9 heteroatoms. The molecule has 0 saturated carbocycles. The number of aryl methyl sites for hydroxylation is 1. The summed E-state index contributed by atoms with van der Waals surface area (Å²) in [4.78, 5) is 34.4. The molecule has 120 valence electrons. The van der Waals surface area contributed by atoms with Crippen LogP contribution < -0.4 is 5.32 Å². The van der Waals surface area contributed by atoms with Crippen molar-refractivity contribution < 1.29 is 28.6 Å². The van der Waals surface area contributed by atoms with E-state index in [1.165, 1.54) is 12.1 Å². The first-order valence-electron chi connectivity index (χ1n) is 6.62. The summed E-state index contributed by atoms with van der Waals surface area (Å²) in [5.41, 5.74) is 0.181. The molecule has 0 aliphatic heterocycles. The number of hydrogen-bond acceptors (Lipinski definition) is 7. The Balaban J connectivity index is 1.87. The Morgan fingerprint density at radius 3 is 2.61 bits per heavy atom. The number of carbonyl (C=O) groups excluding carboxylic acids is 2. The molecule has 0 bridgehead atoms. The highest BCUT2D eigenvalue weighted by Gasteiger charge is 2.23. The Hall–Kier alpha value is -3.23. The quantitative estimate of drug-likeness (QED) is 0.596. The van der Waals surface area contributed by atoms with Crippen molar-refractivity contribution in [3.8, 4) is 0 Å². The topological polar surface area (TPSA) is 132 Å². The van der Waals surface area contributed by atoms with Crippen LogP contribution in [0, 0.1) is 0 Å². The predicted molar refractivity (Wildman–Crippen MR) is 74.4 cm³/mol. The Bertz CT molecular complexity index is 671. The van der Waals surface area contributed by atoms with Gasteiger partial charge >= 0.3 is 18.0 Å². The van der Waals surface area contributed by atoms with E-state index in [0.717, 1.165) is 6.39 Å². The maximum Gasteiger partial charge on any atom is 0.415 e. The van der Waals surface area contributed by atoms with E-state index in [-0.39, 0.29) is 24.3 Å². The predicted octanol–water partition coefficient (Wildman–Crippen LogP) is 1.02. The van der Waals surface area contributed by atoms with Gasteiger partial charge in [0, 0.05) is 6.42 Å². The van der Waals surface area contributed by atoms with Gasteiger partial charge in [-0.3, -0.25) is 0 Å². The highest BCUT2D eigenvalue weighted by atomic mass is 16.6. The van der Waals surface area contributed by atoms with Crippen LogP contribution in [-0.2, 0) is 16.0 Å². The second kappa shape index (κ2) is 7.69. The van der Waals surface area contributed by atoms with E-state index in [0.29, 0.717) is 0 Å². The van der Waals surface area contributed by atoms with Crippen LogP contribution in [0.1, 0.15) is 22.7 Å². The standard InChI is InChI=1S/C14H13N3O6/c18-12(19)10(6-7-11-17-15-8-22-11)16-14(21)23-13(20)9-4-2-1-3-5-9/h1-5,8,10H,6-7H2,(H,16,21)(H,18,19). The van der Waals surface area contributed by atoms with E-state index in [9.17, 15) is 14.4 Å². The molecule has 0 spiro atoms. The molecule has 1 heterocycles. The molecular formula is C14H13N3O6. The molecule has 9 nitrogen and oxygen atoms in total. The first-order chi connectivity index (χ1) is 11.1. The molecular weight excluding hydrogens is 306 g/mol. The lowest BCUT2D eigenvalue weighted by Crippen LogP contribution is -2.42. The van der Waals surface area contributed by atoms with Gasteiger partial charge in [-0.05, 0) is 18.6 Å². The monoisotopic (exact) mass is 319 g/mol. The van der Waals surface area contributed by atoms with Gasteiger partial charge in [0.2, 0.25) is 12.3 Å². The van der Waals surface area contributed by atoms with Crippen molar-refractivity contribution in [3.63, 3.8) is 0 Å². The molecule has 2 rings (SSSR count). The fourth-order valence-electron chi connectivity index (χ4n) is 1.72. The molecule has 1 atom stereocenters. The highest BCUT2D eigenvalue weighted by Crippen LogP contribution is 2.04. The number of benzene rings is 1. The van der Waals surface area contributed by atoms with Crippen molar-refractivity contribution in [2.45, 2.75) is 18.9 Å². The van der Waals surface area contributed by atoms with E-state index >= 15 is 0 Å². The summed E-state index contributed by atoms with van der Waals surface area (Å²) in [6, 6.07) is 6.62. The lowest BCUT2D eigenvalue weighted by molar-refractivity contribution is -0.139. The number of nitrogens with zero attached hydrogens (tertiary/aromatic N) is 2. The largest absolute Gasteiger partial charge is 0.480 e. The first-order valence-corrected chi connectivity index (χ1v) is 6.62. The van der Waals surface area contributed by atoms with Gasteiger partial charge in [0.05, 0.1) is 5.56 Å². The maximum atomic E-state index is 11.7. The second-order valence-corrected chi connectivity index (χ2v) is 4.45. The Morgan fingerprint density at radius 2 is 2.00 bits per heavy atom. The van der Waals surface area contributed by atoms with Gasteiger partial charge in [0.1, 0.15) is 6.04 Å². The lowest BCUT2D eigenvalue weighted by Gasteiger charge is -2.12. The molecule has 1 unspecified atom stereocenters. The fourth-order valence-corrected chi connectivity index (χ4v) is 1.72. The van der Waals surface area contributed by atoms with Gasteiger partial charge in [0.15, 0.2) is 0 Å². The molecule has 0 radical (unpaired) electrons. The number of alkyl carbamates (subject to hydrolysis) is 1. The summed E-state index contributed by atoms with van der Waals surface area (Å²) >= 11 is 0. The number of hydrogen-bond donors (Lipinski definition) is 2. The van der Waals surface area contributed by atoms with Crippen molar-refractivity contribution in [3.05, 3.63) is 48.2 Å². The normalized spacial score (nSPS) is 11.5. The van der Waals surface area contributed by atoms with Gasteiger partial charge in [-0.25, -0.2) is 14.4 Å². The number of carboxylic acids is 1. The van der Waals surface area contributed by atoms with Gasteiger partial charge in [0.25, 0.3) is 0 Å². The van der Waals surface area contributed by atoms with Crippen LogP contribution >= 0.6 is 0 Å². The number of nitrogens with one attached hydrogen (secondary N) is 1. The van der Waals surface area contributed by atoms with Crippen LogP contribution in [0.5, 0.6) is 0 Å². The van der Waals surface area contributed by atoms with Crippen molar-refractivity contribution in [2.24, 2.45) is 0 Å². The Kier molecular flexibility index (Phi) is 5.40. The third kappa shape index (κ3) is 4.92. The van der Waals surface area contributed by atoms with Crippen molar-refractivity contribution in [1.29, 1.82) is 0 Å². The molecule has 23 heavy (non-hydrogen) atoms. The van der Waals surface area contributed by atoms with Crippen molar-refractivity contribution in [2.75, 3.05) is 0 Å². The van der Waals surface area contributed by atoms with Crippen LogP contribution in [0.3, 0.4) is 0 Å². The van der Waals surface area contributed by atoms with Gasteiger partial charge in [-0.1, -0.05) is 18.2 Å². The molecule has 2 aromatic rings. The minimum absolute atomic E-state index is 0.00611. The number of carboxylic acid groups (broad SMARTS) is 1. The number of aliphatic carboxylic acids is 1. The van der Waals surface area contributed by atoms with E-state index in [1.807, 2.05) is 0 Å².